The van der Waals surface area contributed by atoms with Gasteiger partial charge in [-0.15, -0.1) is 11.3 Å². The van der Waals surface area contributed by atoms with Gasteiger partial charge in [0.1, 0.15) is 6.04 Å². The minimum atomic E-state index is -3.50. The van der Waals surface area contributed by atoms with E-state index in [1.54, 1.807) is 0 Å². The monoisotopic (exact) mass is 562 g/mol. The van der Waals surface area contributed by atoms with Crippen molar-refractivity contribution in [3.8, 4) is 22.4 Å². The molecule has 2 aromatic heterocycles. The van der Waals surface area contributed by atoms with Crippen molar-refractivity contribution in [2.75, 3.05) is 18.1 Å². The average molecular weight is 563 g/mol. The zero-order valence-electron chi connectivity index (χ0n) is 21.5. The number of nitrogens with zero attached hydrogens (tertiary/aromatic N) is 3. The van der Waals surface area contributed by atoms with Gasteiger partial charge in [-0.3, -0.25) is 18.4 Å². The predicted molar refractivity (Wildman–Crippen MR) is 151 cm³/mol. The van der Waals surface area contributed by atoms with E-state index in [9.17, 15) is 22.8 Å². The van der Waals surface area contributed by atoms with Crippen LogP contribution >= 0.6 is 11.3 Å². The number of thiazole rings is 1. The van der Waals surface area contributed by atoms with Crippen LogP contribution in [0.25, 0.3) is 22.4 Å². The van der Waals surface area contributed by atoms with E-state index in [1.165, 1.54) is 34.7 Å². The van der Waals surface area contributed by atoms with Gasteiger partial charge in [0.2, 0.25) is 15.9 Å². The predicted octanol–water partition coefficient (Wildman–Crippen LogP) is 4.37. The Kier molecular flexibility index (Phi) is 6.96. The second-order valence-corrected chi connectivity index (χ2v) is 12.3. The minimum Gasteiger partial charge on any atom is -0.326 e. The molecule has 1 atom stereocenters. The van der Waals surface area contributed by atoms with E-state index in [-0.39, 0.29) is 11.5 Å². The number of benzene rings is 2. The van der Waals surface area contributed by atoms with E-state index in [2.05, 4.69) is 10.3 Å². The Morgan fingerprint density at radius 2 is 1.79 bits per heavy atom. The summed E-state index contributed by atoms with van der Waals surface area (Å²) < 4.78 is 24.4. The first-order valence-corrected chi connectivity index (χ1v) is 14.9. The molecule has 0 unspecified atom stereocenters. The molecule has 2 aromatic carbocycles. The molecule has 2 amide bonds. The minimum absolute atomic E-state index is 0.209. The lowest BCUT2D eigenvalue weighted by molar-refractivity contribution is -0.123. The van der Waals surface area contributed by atoms with Crippen LogP contribution in [-0.4, -0.2) is 59.2 Å². The first-order valence-electron chi connectivity index (χ1n) is 12.2. The van der Waals surface area contributed by atoms with Crippen LogP contribution in [0.15, 0.2) is 60.2 Å². The summed E-state index contributed by atoms with van der Waals surface area (Å²) >= 11 is 1.29. The molecule has 200 valence electrons. The van der Waals surface area contributed by atoms with Gasteiger partial charge < -0.3 is 10.2 Å². The maximum atomic E-state index is 12.9. The molecular weight excluding hydrogens is 536 g/mol. The van der Waals surface area contributed by atoms with Crippen LogP contribution in [0.3, 0.4) is 0 Å². The van der Waals surface area contributed by atoms with Crippen molar-refractivity contribution in [2.24, 2.45) is 0 Å². The zero-order chi connectivity index (χ0) is 27.9. The van der Waals surface area contributed by atoms with Crippen molar-refractivity contribution in [3.63, 3.8) is 0 Å². The van der Waals surface area contributed by atoms with Gasteiger partial charge in [-0.05, 0) is 54.7 Å². The number of carbonyl (C=O) groups excluding carboxylic acids is 3. The Hall–Kier alpha value is -4.09. The number of anilines is 1. The highest BCUT2D eigenvalue weighted by atomic mass is 32.2. The van der Waals surface area contributed by atoms with Crippen LogP contribution in [0.4, 0.5) is 5.13 Å². The molecule has 4 aromatic rings. The Morgan fingerprint density at radius 1 is 1.08 bits per heavy atom. The van der Waals surface area contributed by atoms with Crippen LogP contribution in [-0.2, 0) is 14.8 Å². The Bertz CT molecular complexity index is 1700. The number of nitrogens with one attached hydrogen (secondary N) is 1. The lowest BCUT2D eigenvalue weighted by Crippen LogP contribution is -2.56. The standard InChI is InChI=1S/C28H26N4O5S2/c1-17-11-22(12-18(2)23(17)15-33)19-5-4-6-20(13-19)24-16-38-28(29-24)30-26(34)25-8-10-32(25)27(35)21-7-9-31(14-21)39(3,36)37/h4-7,9,11-16,25H,8,10H2,1-3H3,(H,29,30,34)/t25-/m0/s1. The maximum Gasteiger partial charge on any atom is 0.256 e. The summed E-state index contributed by atoms with van der Waals surface area (Å²) in [4.78, 5) is 43.2. The first-order chi connectivity index (χ1) is 18.5. The lowest BCUT2D eigenvalue weighted by atomic mass is 9.95. The molecule has 5 rings (SSSR count). The second kappa shape index (κ2) is 10.2. The third-order valence-electron chi connectivity index (χ3n) is 6.82. The fourth-order valence-electron chi connectivity index (χ4n) is 4.62. The van der Waals surface area contributed by atoms with Crippen molar-refractivity contribution in [3.05, 3.63) is 82.5 Å². The Morgan fingerprint density at radius 3 is 2.41 bits per heavy atom. The number of amides is 2. The van der Waals surface area contributed by atoms with Gasteiger partial charge >= 0.3 is 0 Å². The summed E-state index contributed by atoms with van der Waals surface area (Å²) in [6, 6.07) is 12.7. The zero-order valence-corrected chi connectivity index (χ0v) is 23.2. The fraction of sp³-hybridized carbons (Fsp3) is 0.214. The molecule has 9 nitrogen and oxygen atoms in total. The molecule has 1 aliphatic heterocycles. The van der Waals surface area contributed by atoms with E-state index in [0.29, 0.717) is 29.4 Å². The molecule has 1 fully saturated rings. The molecule has 0 radical (unpaired) electrons. The van der Waals surface area contributed by atoms with Gasteiger partial charge in [-0.1, -0.05) is 30.3 Å². The molecule has 0 spiro atoms. The quantitative estimate of drug-likeness (QED) is 0.334. The van der Waals surface area contributed by atoms with Crippen LogP contribution < -0.4 is 5.32 Å². The topological polar surface area (TPSA) is 118 Å². The number of aryl methyl sites for hydroxylation is 2. The van der Waals surface area contributed by atoms with E-state index < -0.39 is 22.0 Å². The summed E-state index contributed by atoms with van der Waals surface area (Å²) in [7, 11) is -3.50. The Labute approximate surface area is 230 Å². The van der Waals surface area contributed by atoms with Crippen LogP contribution in [0.1, 0.15) is 38.3 Å². The summed E-state index contributed by atoms with van der Waals surface area (Å²) in [6.07, 6.45) is 5.00. The third-order valence-corrected chi connectivity index (χ3v) is 8.57. The maximum absolute atomic E-state index is 12.9. The number of hydrogen-bond acceptors (Lipinski definition) is 7. The summed E-state index contributed by atoms with van der Waals surface area (Å²) in [5.74, 6) is -0.736. The van der Waals surface area contributed by atoms with Gasteiger partial charge in [0.05, 0.1) is 17.5 Å². The van der Waals surface area contributed by atoms with E-state index in [4.69, 9.17) is 0 Å². The second-order valence-electron chi connectivity index (χ2n) is 9.55. The number of aldehydes is 1. The van der Waals surface area contributed by atoms with E-state index >= 15 is 0 Å². The van der Waals surface area contributed by atoms with Crippen molar-refractivity contribution >= 4 is 44.6 Å². The van der Waals surface area contributed by atoms with Crippen LogP contribution in [0.5, 0.6) is 0 Å². The smallest absolute Gasteiger partial charge is 0.256 e. The van der Waals surface area contributed by atoms with Gasteiger partial charge in [0, 0.05) is 35.4 Å². The van der Waals surface area contributed by atoms with Gasteiger partial charge in [-0.25, -0.2) is 13.4 Å². The molecule has 0 aliphatic carbocycles. The lowest BCUT2D eigenvalue weighted by Gasteiger charge is -2.39. The molecule has 1 saturated heterocycles. The number of hydrogen-bond donors (Lipinski definition) is 1. The van der Waals surface area contributed by atoms with Crippen molar-refractivity contribution in [2.45, 2.75) is 26.3 Å². The van der Waals surface area contributed by atoms with Crippen LogP contribution in [0, 0.1) is 13.8 Å². The molecular formula is C28H26N4O5S2. The highest BCUT2D eigenvalue weighted by Crippen LogP contribution is 2.31. The first kappa shape index (κ1) is 26.5. The third kappa shape index (κ3) is 5.27. The highest BCUT2D eigenvalue weighted by molar-refractivity contribution is 7.89. The van der Waals surface area contributed by atoms with E-state index in [0.717, 1.165) is 44.3 Å². The van der Waals surface area contributed by atoms with Crippen molar-refractivity contribution in [1.29, 1.82) is 0 Å². The highest BCUT2D eigenvalue weighted by Gasteiger charge is 2.38. The van der Waals surface area contributed by atoms with Gasteiger partial charge in [0.15, 0.2) is 11.4 Å². The van der Waals surface area contributed by atoms with Crippen molar-refractivity contribution < 1.29 is 22.8 Å². The van der Waals surface area contributed by atoms with Gasteiger partial charge in [0.25, 0.3) is 5.91 Å². The molecule has 11 heteroatoms. The molecule has 1 N–H and O–H groups in total. The molecule has 0 bridgehead atoms. The SMILES string of the molecule is Cc1cc(-c2cccc(-c3csc(NC(=O)[C@@H]4CCN4C(=O)c4ccn(S(C)(=O)=O)c4)n3)c2)cc(C)c1C=O. The summed E-state index contributed by atoms with van der Waals surface area (Å²) in [5.41, 5.74) is 6.33. The Balaban J connectivity index is 1.29. The molecule has 0 saturated carbocycles. The number of aromatic nitrogens is 2. The van der Waals surface area contributed by atoms with E-state index in [1.807, 2.05) is 55.6 Å². The number of rotatable bonds is 7. The normalized spacial score (nSPS) is 15.1. The summed E-state index contributed by atoms with van der Waals surface area (Å²) in [6.45, 7) is 4.24. The van der Waals surface area contributed by atoms with Crippen LogP contribution in [0.2, 0.25) is 0 Å². The largest absolute Gasteiger partial charge is 0.326 e. The summed E-state index contributed by atoms with van der Waals surface area (Å²) in [5, 5.41) is 5.09. The number of carbonyl (C=O) groups is 3. The number of likely N-dealkylation sites (tertiary alicyclic amines) is 1. The van der Waals surface area contributed by atoms with Crippen molar-refractivity contribution in [1.82, 2.24) is 13.9 Å². The fourth-order valence-corrected chi connectivity index (χ4v) is 5.93. The molecule has 39 heavy (non-hydrogen) atoms. The average Bonchev–Trinajstić information content (AvgIpc) is 3.53. The molecule has 1 aliphatic rings. The molecule has 3 heterocycles. The van der Waals surface area contributed by atoms with Gasteiger partial charge in [-0.2, -0.15) is 0 Å².